The van der Waals surface area contributed by atoms with E-state index >= 15 is 0 Å². The molecule has 0 aromatic heterocycles. The second-order valence-corrected chi connectivity index (χ2v) is 6.82. The van der Waals surface area contributed by atoms with Gasteiger partial charge in [-0.1, -0.05) is 36.4 Å². The summed E-state index contributed by atoms with van der Waals surface area (Å²) in [6.07, 6.45) is 2.10. The number of benzene rings is 2. The lowest BCUT2D eigenvalue weighted by Crippen LogP contribution is -2.43. The Morgan fingerprint density at radius 2 is 1.78 bits per heavy atom. The van der Waals surface area contributed by atoms with Crippen molar-refractivity contribution in [2.24, 2.45) is 4.99 Å². The lowest BCUT2D eigenvalue weighted by molar-refractivity contribution is 0.258. The summed E-state index contributed by atoms with van der Waals surface area (Å²) in [4.78, 5) is 6.82. The molecule has 0 radical (unpaired) electrons. The largest absolute Gasteiger partial charge is 0.497 e. The zero-order chi connectivity index (χ0) is 18.9. The number of ether oxygens (including phenoxy) is 1. The molecule has 1 heterocycles. The maximum Gasteiger partial charge on any atom is 0.191 e. The summed E-state index contributed by atoms with van der Waals surface area (Å²) >= 11 is 0. The van der Waals surface area contributed by atoms with Gasteiger partial charge in [0.1, 0.15) is 5.75 Å². The van der Waals surface area contributed by atoms with Crippen LogP contribution < -0.4 is 15.4 Å². The van der Waals surface area contributed by atoms with E-state index in [-0.39, 0.29) is 0 Å². The Balaban J connectivity index is 1.35. The Morgan fingerprint density at radius 3 is 2.52 bits per heavy atom. The molecule has 0 aliphatic carbocycles. The van der Waals surface area contributed by atoms with E-state index in [9.17, 15) is 0 Å². The van der Waals surface area contributed by atoms with E-state index in [2.05, 4.69) is 56.9 Å². The van der Waals surface area contributed by atoms with Gasteiger partial charge >= 0.3 is 0 Å². The van der Waals surface area contributed by atoms with E-state index < -0.39 is 0 Å². The molecule has 0 saturated carbocycles. The zero-order valence-electron chi connectivity index (χ0n) is 16.4. The van der Waals surface area contributed by atoms with Crippen LogP contribution in [-0.4, -0.2) is 51.2 Å². The molecule has 1 aliphatic heterocycles. The molecule has 0 spiro atoms. The summed E-state index contributed by atoms with van der Waals surface area (Å²) in [6.45, 7) is 4.94. The van der Waals surface area contributed by atoms with Gasteiger partial charge in [-0.05, 0) is 41.7 Å². The van der Waals surface area contributed by atoms with Gasteiger partial charge in [-0.15, -0.1) is 0 Å². The number of nitrogens with one attached hydrogen (secondary N) is 2. The normalized spacial score (nSPS) is 14.5. The highest BCUT2D eigenvalue weighted by atomic mass is 16.5. The van der Waals surface area contributed by atoms with Crippen LogP contribution in [0.2, 0.25) is 0 Å². The Labute approximate surface area is 162 Å². The first-order valence-electron chi connectivity index (χ1n) is 9.65. The van der Waals surface area contributed by atoms with Gasteiger partial charge in [0.25, 0.3) is 0 Å². The second kappa shape index (κ2) is 9.97. The summed E-state index contributed by atoms with van der Waals surface area (Å²) in [5, 5.41) is 6.81. The van der Waals surface area contributed by atoms with Crippen LogP contribution in [0.4, 0.5) is 0 Å². The molecule has 0 atom stereocenters. The molecule has 144 valence electrons. The number of fused-ring (bicyclic) bond motifs is 1. The lowest BCUT2D eigenvalue weighted by Gasteiger charge is -2.28. The molecule has 2 N–H and O–H groups in total. The van der Waals surface area contributed by atoms with Crippen LogP contribution >= 0.6 is 0 Å². The van der Waals surface area contributed by atoms with Crippen molar-refractivity contribution in [1.82, 2.24) is 15.5 Å². The average molecular weight is 367 g/mol. The van der Waals surface area contributed by atoms with Crippen molar-refractivity contribution >= 4 is 5.96 Å². The summed E-state index contributed by atoms with van der Waals surface area (Å²) in [5.74, 6) is 1.76. The Bertz CT molecular complexity index is 742. The molecule has 0 saturated heterocycles. The van der Waals surface area contributed by atoms with Crippen molar-refractivity contribution in [1.29, 1.82) is 0 Å². The van der Waals surface area contributed by atoms with Crippen molar-refractivity contribution in [2.45, 2.75) is 19.4 Å². The number of hydrogen-bond acceptors (Lipinski definition) is 3. The van der Waals surface area contributed by atoms with E-state index in [4.69, 9.17) is 4.74 Å². The quantitative estimate of drug-likeness (QED) is 0.584. The molecular weight excluding hydrogens is 336 g/mol. The van der Waals surface area contributed by atoms with Crippen molar-refractivity contribution in [3.63, 3.8) is 0 Å². The highest BCUT2D eigenvalue weighted by Gasteiger charge is 2.14. The molecule has 27 heavy (non-hydrogen) atoms. The Kier molecular flexibility index (Phi) is 7.11. The zero-order valence-corrected chi connectivity index (χ0v) is 16.4. The molecule has 2 aromatic carbocycles. The average Bonchev–Trinajstić information content (AvgIpc) is 2.73. The van der Waals surface area contributed by atoms with E-state index in [1.54, 1.807) is 7.11 Å². The third-order valence-electron chi connectivity index (χ3n) is 5.02. The predicted molar refractivity (Wildman–Crippen MR) is 111 cm³/mol. The van der Waals surface area contributed by atoms with Gasteiger partial charge in [0.15, 0.2) is 5.96 Å². The summed E-state index contributed by atoms with van der Waals surface area (Å²) in [5.41, 5.74) is 4.24. The maximum atomic E-state index is 5.19. The number of guanidine groups is 1. The van der Waals surface area contributed by atoms with Crippen LogP contribution in [0.25, 0.3) is 0 Å². The minimum Gasteiger partial charge on any atom is -0.497 e. The molecule has 5 heteroatoms. The minimum absolute atomic E-state index is 0.850. The molecule has 0 fully saturated rings. The SMILES string of the molecule is CN=C(NCCc1ccc(OC)cc1)NCCN1CCc2ccccc2C1. The smallest absolute Gasteiger partial charge is 0.191 e. The van der Waals surface area contributed by atoms with Crippen LogP contribution in [0.3, 0.4) is 0 Å². The molecule has 0 unspecified atom stereocenters. The van der Waals surface area contributed by atoms with Crippen LogP contribution in [0, 0.1) is 0 Å². The van der Waals surface area contributed by atoms with Crippen molar-refractivity contribution in [2.75, 3.05) is 40.3 Å². The fourth-order valence-corrected chi connectivity index (χ4v) is 3.42. The molecular formula is C22H30N4O. The molecule has 3 rings (SSSR count). The Morgan fingerprint density at radius 1 is 1.04 bits per heavy atom. The van der Waals surface area contributed by atoms with Crippen LogP contribution in [-0.2, 0) is 19.4 Å². The van der Waals surface area contributed by atoms with Crippen molar-refractivity contribution in [3.05, 3.63) is 65.2 Å². The molecule has 5 nitrogen and oxygen atoms in total. The van der Waals surface area contributed by atoms with Crippen LogP contribution in [0.15, 0.2) is 53.5 Å². The molecule has 1 aliphatic rings. The van der Waals surface area contributed by atoms with Crippen molar-refractivity contribution in [3.8, 4) is 5.75 Å². The first-order chi connectivity index (χ1) is 13.3. The van der Waals surface area contributed by atoms with E-state index in [1.807, 2.05) is 19.2 Å². The third kappa shape index (κ3) is 5.73. The number of methoxy groups -OCH3 is 1. The standard InChI is InChI=1S/C22H30N4O/c1-23-22(24-13-11-18-7-9-21(27-2)10-8-18)25-14-16-26-15-12-19-5-3-4-6-20(19)17-26/h3-10H,11-17H2,1-2H3,(H2,23,24,25). The van der Waals surface area contributed by atoms with Gasteiger partial charge in [-0.2, -0.15) is 0 Å². The number of rotatable bonds is 7. The number of nitrogens with zero attached hydrogens (tertiary/aromatic N) is 2. The highest BCUT2D eigenvalue weighted by Crippen LogP contribution is 2.17. The third-order valence-corrected chi connectivity index (χ3v) is 5.02. The first kappa shape index (κ1) is 19.2. The highest BCUT2D eigenvalue weighted by molar-refractivity contribution is 5.79. The first-order valence-corrected chi connectivity index (χ1v) is 9.65. The molecule has 0 amide bonds. The van der Waals surface area contributed by atoms with E-state index in [0.717, 1.165) is 57.3 Å². The van der Waals surface area contributed by atoms with Gasteiger partial charge in [-0.3, -0.25) is 9.89 Å². The summed E-state index contributed by atoms with van der Waals surface area (Å²) in [6, 6.07) is 17.0. The van der Waals surface area contributed by atoms with Gasteiger partial charge in [-0.25, -0.2) is 0 Å². The Hall–Kier alpha value is -2.53. The predicted octanol–water partition coefficient (Wildman–Crippen LogP) is 2.46. The topological polar surface area (TPSA) is 48.9 Å². The summed E-state index contributed by atoms with van der Waals surface area (Å²) < 4.78 is 5.19. The number of hydrogen-bond donors (Lipinski definition) is 2. The van der Waals surface area contributed by atoms with Crippen LogP contribution in [0.1, 0.15) is 16.7 Å². The van der Waals surface area contributed by atoms with Gasteiger partial charge < -0.3 is 15.4 Å². The van der Waals surface area contributed by atoms with Gasteiger partial charge in [0.2, 0.25) is 0 Å². The maximum absolute atomic E-state index is 5.19. The monoisotopic (exact) mass is 366 g/mol. The van der Waals surface area contributed by atoms with E-state index in [0.29, 0.717) is 0 Å². The minimum atomic E-state index is 0.850. The van der Waals surface area contributed by atoms with Crippen LogP contribution in [0.5, 0.6) is 5.75 Å². The summed E-state index contributed by atoms with van der Waals surface area (Å²) in [7, 11) is 3.51. The molecule has 0 bridgehead atoms. The van der Waals surface area contributed by atoms with Crippen molar-refractivity contribution < 1.29 is 4.74 Å². The fraction of sp³-hybridized carbons (Fsp3) is 0.409. The molecule has 2 aromatic rings. The second-order valence-electron chi connectivity index (χ2n) is 6.82. The van der Waals surface area contributed by atoms with Gasteiger partial charge in [0.05, 0.1) is 7.11 Å². The number of aliphatic imine (C=N–C) groups is 1. The van der Waals surface area contributed by atoms with Gasteiger partial charge in [0, 0.05) is 39.8 Å². The van der Waals surface area contributed by atoms with E-state index in [1.165, 1.54) is 16.7 Å². The fourth-order valence-electron chi connectivity index (χ4n) is 3.42. The lowest BCUT2D eigenvalue weighted by atomic mass is 10.00.